The summed E-state index contributed by atoms with van der Waals surface area (Å²) in [6, 6.07) is 6.66. The van der Waals surface area contributed by atoms with Crippen molar-refractivity contribution in [2.24, 2.45) is 5.92 Å². The molecule has 0 radical (unpaired) electrons. The molecule has 1 aromatic rings. The Morgan fingerprint density at radius 1 is 1.24 bits per heavy atom. The zero-order valence-corrected chi connectivity index (χ0v) is 14.1. The molecule has 0 aromatic heterocycles. The monoisotopic (exact) mass is 287 g/mol. The lowest BCUT2D eigenvalue weighted by molar-refractivity contribution is 0.0691. The number of hydrogen-bond acceptors (Lipinski definition) is 2. The van der Waals surface area contributed by atoms with Crippen molar-refractivity contribution in [1.82, 2.24) is 4.90 Å². The van der Waals surface area contributed by atoms with E-state index >= 15 is 0 Å². The van der Waals surface area contributed by atoms with Crippen LogP contribution in [0.15, 0.2) is 18.2 Å². The van der Waals surface area contributed by atoms with E-state index in [0.29, 0.717) is 12.0 Å². The first-order chi connectivity index (χ1) is 9.91. The fraction of sp³-hybridized carbons (Fsp3) is 0.632. The summed E-state index contributed by atoms with van der Waals surface area (Å²) in [7, 11) is 2.13. The van der Waals surface area contributed by atoms with E-state index in [1.807, 2.05) is 19.9 Å². The van der Waals surface area contributed by atoms with Crippen LogP contribution in [0.4, 0.5) is 0 Å². The van der Waals surface area contributed by atoms with Gasteiger partial charge in [-0.25, -0.2) is 0 Å². The Hall–Kier alpha value is -1.15. The third-order valence-corrected chi connectivity index (χ3v) is 5.24. The maximum Gasteiger partial charge on any atom is 0.179 e. The smallest absolute Gasteiger partial charge is 0.179 e. The molecule has 3 unspecified atom stereocenters. The Labute approximate surface area is 129 Å². The average Bonchev–Trinajstić information content (AvgIpc) is 2.48. The summed E-state index contributed by atoms with van der Waals surface area (Å²) in [5.74, 6) is 0.953. The molecular weight excluding hydrogens is 258 g/mol. The van der Waals surface area contributed by atoms with E-state index < -0.39 is 0 Å². The molecule has 3 atom stereocenters. The highest BCUT2D eigenvalue weighted by Gasteiger charge is 2.31. The van der Waals surface area contributed by atoms with Crippen molar-refractivity contribution < 1.29 is 4.79 Å². The van der Waals surface area contributed by atoms with E-state index in [4.69, 9.17) is 0 Å². The highest BCUT2D eigenvalue weighted by molar-refractivity contribution is 6.01. The molecule has 0 amide bonds. The normalized spacial score (nSPS) is 24.1. The summed E-state index contributed by atoms with van der Waals surface area (Å²) in [4.78, 5) is 15.2. The standard InChI is InChI=1S/C19H29NO/c1-13-10-11-14(2)17(12-13)19(21)16(4)20(5)18-9-7-6-8-15(18)3/h10-12,15-16,18H,6-9H2,1-5H3. The van der Waals surface area contributed by atoms with Gasteiger partial charge in [0.2, 0.25) is 0 Å². The second-order valence-electron chi connectivity index (χ2n) is 6.85. The number of rotatable bonds is 4. The van der Waals surface area contributed by atoms with E-state index in [1.165, 1.54) is 25.7 Å². The fourth-order valence-electron chi connectivity index (χ4n) is 3.60. The molecule has 1 aliphatic carbocycles. The third-order valence-electron chi connectivity index (χ3n) is 5.24. The molecule has 0 aliphatic heterocycles. The van der Waals surface area contributed by atoms with Crippen LogP contribution in [0, 0.1) is 19.8 Å². The van der Waals surface area contributed by atoms with Gasteiger partial charge in [0, 0.05) is 11.6 Å². The molecule has 1 fully saturated rings. The number of likely N-dealkylation sites (N-methyl/N-ethyl adjacent to an activating group) is 1. The molecule has 2 nitrogen and oxygen atoms in total. The van der Waals surface area contributed by atoms with Crippen LogP contribution in [-0.4, -0.2) is 29.8 Å². The summed E-state index contributed by atoms with van der Waals surface area (Å²) in [6.07, 6.45) is 5.15. The van der Waals surface area contributed by atoms with E-state index in [1.54, 1.807) is 0 Å². The van der Waals surface area contributed by atoms with E-state index in [-0.39, 0.29) is 11.8 Å². The van der Waals surface area contributed by atoms with Crippen molar-refractivity contribution in [2.45, 2.75) is 65.5 Å². The van der Waals surface area contributed by atoms with Gasteiger partial charge < -0.3 is 0 Å². The van der Waals surface area contributed by atoms with E-state index in [9.17, 15) is 4.79 Å². The Balaban J connectivity index is 2.16. The molecule has 2 heteroatoms. The number of aryl methyl sites for hydroxylation is 2. The van der Waals surface area contributed by atoms with Crippen LogP contribution in [0.25, 0.3) is 0 Å². The zero-order valence-electron chi connectivity index (χ0n) is 14.1. The fourth-order valence-corrected chi connectivity index (χ4v) is 3.60. The van der Waals surface area contributed by atoms with Gasteiger partial charge in [0.05, 0.1) is 6.04 Å². The number of ketones is 1. The van der Waals surface area contributed by atoms with Gasteiger partial charge in [-0.15, -0.1) is 0 Å². The first-order valence-corrected chi connectivity index (χ1v) is 8.25. The molecule has 0 bridgehead atoms. The second kappa shape index (κ2) is 6.74. The van der Waals surface area contributed by atoms with Gasteiger partial charge in [-0.2, -0.15) is 0 Å². The van der Waals surface area contributed by atoms with Crippen molar-refractivity contribution in [3.63, 3.8) is 0 Å². The number of carbonyl (C=O) groups is 1. The largest absolute Gasteiger partial charge is 0.293 e. The van der Waals surface area contributed by atoms with Crippen LogP contribution < -0.4 is 0 Å². The maximum absolute atomic E-state index is 12.9. The van der Waals surface area contributed by atoms with Gasteiger partial charge in [-0.3, -0.25) is 9.69 Å². The molecule has 2 rings (SSSR count). The van der Waals surface area contributed by atoms with Gasteiger partial charge in [0.15, 0.2) is 5.78 Å². The van der Waals surface area contributed by atoms with Crippen LogP contribution in [0.3, 0.4) is 0 Å². The number of benzene rings is 1. The van der Waals surface area contributed by atoms with Crippen molar-refractivity contribution in [2.75, 3.05) is 7.05 Å². The molecule has 0 spiro atoms. The first kappa shape index (κ1) is 16.2. The Morgan fingerprint density at radius 3 is 2.57 bits per heavy atom. The predicted octanol–water partition coefficient (Wildman–Crippen LogP) is 4.39. The number of hydrogen-bond donors (Lipinski definition) is 0. The minimum atomic E-state index is -0.0453. The highest BCUT2D eigenvalue weighted by atomic mass is 16.1. The summed E-state index contributed by atoms with van der Waals surface area (Å²) < 4.78 is 0. The van der Waals surface area contributed by atoms with Gasteiger partial charge in [-0.1, -0.05) is 37.5 Å². The van der Waals surface area contributed by atoms with Gasteiger partial charge >= 0.3 is 0 Å². The minimum Gasteiger partial charge on any atom is -0.293 e. The lowest BCUT2D eigenvalue weighted by Crippen LogP contribution is -2.47. The van der Waals surface area contributed by atoms with Crippen LogP contribution in [0.2, 0.25) is 0 Å². The summed E-state index contributed by atoms with van der Waals surface area (Å²) in [5.41, 5.74) is 3.13. The van der Waals surface area contributed by atoms with Crippen molar-refractivity contribution >= 4 is 5.78 Å². The van der Waals surface area contributed by atoms with Crippen LogP contribution in [-0.2, 0) is 0 Å². The molecule has 1 aliphatic rings. The topological polar surface area (TPSA) is 20.3 Å². The Morgan fingerprint density at radius 2 is 1.90 bits per heavy atom. The molecule has 0 saturated heterocycles. The lowest BCUT2D eigenvalue weighted by atomic mass is 9.84. The highest BCUT2D eigenvalue weighted by Crippen LogP contribution is 2.29. The Bertz CT molecular complexity index is 508. The third kappa shape index (κ3) is 3.55. The molecule has 116 valence electrons. The quantitative estimate of drug-likeness (QED) is 0.766. The van der Waals surface area contributed by atoms with Crippen molar-refractivity contribution in [1.29, 1.82) is 0 Å². The van der Waals surface area contributed by atoms with E-state index in [0.717, 1.165) is 16.7 Å². The average molecular weight is 287 g/mol. The number of nitrogens with zero attached hydrogens (tertiary/aromatic N) is 1. The van der Waals surface area contributed by atoms with Crippen molar-refractivity contribution in [3.8, 4) is 0 Å². The SMILES string of the molecule is Cc1ccc(C)c(C(=O)C(C)N(C)C2CCCCC2C)c1. The molecule has 0 heterocycles. The summed E-state index contributed by atoms with van der Waals surface area (Å²) in [5, 5.41) is 0. The first-order valence-electron chi connectivity index (χ1n) is 8.25. The second-order valence-corrected chi connectivity index (χ2v) is 6.85. The van der Waals surface area contributed by atoms with Gasteiger partial charge in [0.25, 0.3) is 0 Å². The van der Waals surface area contributed by atoms with Crippen LogP contribution >= 0.6 is 0 Å². The number of Topliss-reactive ketones (excluding diaryl/α,β-unsaturated/α-hetero) is 1. The summed E-state index contributed by atoms with van der Waals surface area (Å²) in [6.45, 7) is 8.47. The molecule has 1 aromatic carbocycles. The molecule has 1 saturated carbocycles. The molecule has 0 N–H and O–H groups in total. The lowest BCUT2D eigenvalue weighted by Gasteiger charge is -2.39. The predicted molar refractivity (Wildman–Crippen MR) is 88.9 cm³/mol. The molecular formula is C19H29NO. The summed E-state index contributed by atoms with van der Waals surface area (Å²) >= 11 is 0. The van der Waals surface area contributed by atoms with Crippen LogP contribution in [0.5, 0.6) is 0 Å². The zero-order chi connectivity index (χ0) is 15.6. The van der Waals surface area contributed by atoms with Crippen molar-refractivity contribution in [3.05, 3.63) is 34.9 Å². The van der Waals surface area contributed by atoms with Gasteiger partial charge in [-0.05, 0) is 58.2 Å². The van der Waals surface area contributed by atoms with E-state index in [2.05, 4.69) is 37.9 Å². The number of carbonyl (C=O) groups excluding carboxylic acids is 1. The van der Waals surface area contributed by atoms with Crippen LogP contribution in [0.1, 0.15) is 61.0 Å². The molecule has 21 heavy (non-hydrogen) atoms. The minimum absolute atomic E-state index is 0.0453. The maximum atomic E-state index is 12.9. The van der Waals surface area contributed by atoms with Gasteiger partial charge in [0.1, 0.15) is 0 Å². The Kier molecular flexibility index (Phi) is 5.21.